The minimum atomic E-state index is -0.326. The molecule has 0 radical (unpaired) electrons. The largest absolute Gasteiger partial charge is 0.463 e. The fourth-order valence-corrected chi connectivity index (χ4v) is 2.19. The number of thioether (sulfide) groups is 1. The van der Waals surface area contributed by atoms with Crippen LogP contribution in [-0.2, 0) is 9.53 Å². The highest BCUT2D eigenvalue weighted by Crippen LogP contribution is 2.25. The highest BCUT2D eigenvalue weighted by Gasteiger charge is 2.09. The molecular weight excluding hydrogens is 234 g/mol. The summed E-state index contributed by atoms with van der Waals surface area (Å²) in [5, 5.41) is 0. The number of benzene rings is 1. The van der Waals surface area contributed by atoms with Crippen LogP contribution in [0.1, 0.15) is 12.5 Å². The molecule has 0 aliphatic carbocycles. The first-order valence-corrected chi connectivity index (χ1v) is 6.37. The van der Waals surface area contributed by atoms with Crippen molar-refractivity contribution < 1.29 is 9.53 Å². The lowest BCUT2D eigenvalue weighted by Gasteiger charge is -2.08. The molecule has 0 bridgehead atoms. The van der Waals surface area contributed by atoms with Crippen molar-refractivity contribution in [2.24, 2.45) is 0 Å². The van der Waals surface area contributed by atoms with Gasteiger partial charge in [0.25, 0.3) is 0 Å². The van der Waals surface area contributed by atoms with E-state index in [9.17, 15) is 4.79 Å². The number of nitrogen functional groups attached to an aromatic ring is 1. The number of aryl methyl sites for hydroxylation is 1. The molecule has 1 rings (SSSR count). The SMILES string of the molecule is C=C(CSc1ccc(N)cc1C)C(=O)OCC. The van der Waals surface area contributed by atoms with Crippen molar-refractivity contribution in [1.82, 2.24) is 0 Å². The predicted octanol–water partition coefficient (Wildman–Crippen LogP) is 2.79. The molecular formula is C13H17NO2S. The zero-order chi connectivity index (χ0) is 12.8. The molecule has 1 aromatic rings. The molecule has 0 fully saturated rings. The summed E-state index contributed by atoms with van der Waals surface area (Å²) < 4.78 is 4.87. The molecule has 0 saturated carbocycles. The zero-order valence-electron chi connectivity index (χ0n) is 10.2. The van der Waals surface area contributed by atoms with Crippen molar-refractivity contribution in [2.75, 3.05) is 18.1 Å². The van der Waals surface area contributed by atoms with Crippen LogP contribution in [-0.4, -0.2) is 18.3 Å². The maximum absolute atomic E-state index is 11.3. The number of hydrogen-bond donors (Lipinski definition) is 1. The van der Waals surface area contributed by atoms with Gasteiger partial charge in [0.15, 0.2) is 0 Å². The molecule has 0 aromatic heterocycles. The first-order chi connectivity index (χ1) is 8.04. The van der Waals surface area contributed by atoms with Crippen molar-refractivity contribution in [3.05, 3.63) is 35.9 Å². The number of carbonyl (C=O) groups excluding carboxylic acids is 1. The lowest BCUT2D eigenvalue weighted by molar-refractivity contribution is -0.138. The highest BCUT2D eigenvalue weighted by molar-refractivity contribution is 7.99. The summed E-state index contributed by atoms with van der Waals surface area (Å²) >= 11 is 1.56. The van der Waals surface area contributed by atoms with E-state index in [-0.39, 0.29) is 5.97 Å². The Labute approximate surface area is 106 Å². The Kier molecular flexibility index (Phi) is 5.10. The van der Waals surface area contributed by atoms with E-state index in [1.54, 1.807) is 18.7 Å². The summed E-state index contributed by atoms with van der Waals surface area (Å²) in [6.45, 7) is 7.87. The Bertz CT molecular complexity index is 429. The third-order valence-electron chi connectivity index (χ3n) is 2.16. The topological polar surface area (TPSA) is 52.3 Å². The second-order valence-electron chi connectivity index (χ2n) is 3.64. The predicted molar refractivity (Wildman–Crippen MR) is 72.1 cm³/mol. The van der Waals surface area contributed by atoms with E-state index in [0.717, 1.165) is 16.1 Å². The van der Waals surface area contributed by atoms with E-state index < -0.39 is 0 Å². The van der Waals surface area contributed by atoms with Gasteiger partial charge in [0.05, 0.1) is 6.61 Å². The minimum absolute atomic E-state index is 0.326. The van der Waals surface area contributed by atoms with Crippen LogP contribution in [0.4, 0.5) is 5.69 Å². The van der Waals surface area contributed by atoms with Crippen LogP contribution >= 0.6 is 11.8 Å². The lowest BCUT2D eigenvalue weighted by atomic mass is 10.2. The van der Waals surface area contributed by atoms with Crippen molar-refractivity contribution in [3.63, 3.8) is 0 Å². The number of anilines is 1. The Morgan fingerprint density at radius 3 is 2.82 bits per heavy atom. The van der Waals surface area contributed by atoms with E-state index in [0.29, 0.717) is 17.9 Å². The van der Waals surface area contributed by atoms with E-state index in [2.05, 4.69) is 6.58 Å². The molecule has 4 heteroatoms. The second-order valence-corrected chi connectivity index (χ2v) is 4.65. The first-order valence-electron chi connectivity index (χ1n) is 5.38. The summed E-state index contributed by atoms with van der Waals surface area (Å²) in [4.78, 5) is 12.4. The van der Waals surface area contributed by atoms with Gasteiger partial charge in [-0.25, -0.2) is 4.79 Å². The number of ether oxygens (including phenoxy) is 1. The quantitative estimate of drug-likeness (QED) is 0.378. The Balaban J connectivity index is 2.56. The zero-order valence-corrected chi connectivity index (χ0v) is 11.0. The van der Waals surface area contributed by atoms with Crippen LogP contribution in [0.3, 0.4) is 0 Å². The van der Waals surface area contributed by atoms with Gasteiger partial charge in [0, 0.05) is 21.9 Å². The van der Waals surface area contributed by atoms with Crippen molar-refractivity contribution in [1.29, 1.82) is 0 Å². The molecule has 0 heterocycles. The normalized spacial score (nSPS) is 10.0. The lowest BCUT2D eigenvalue weighted by Crippen LogP contribution is -2.08. The monoisotopic (exact) mass is 251 g/mol. The minimum Gasteiger partial charge on any atom is -0.463 e. The number of esters is 1. The van der Waals surface area contributed by atoms with E-state index in [1.165, 1.54) is 0 Å². The van der Waals surface area contributed by atoms with Crippen LogP contribution in [0.5, 0.6) is 0 Å². The standard InChI is InChI=1S/C13H17NO2S/c1-4-16-13(15)10(3)8-17-12-6-5-11(14)7-9(12)2/h5-7H,3-4,8,14H2,1-2H3. The fourth-order valence-electron chi connectivity index (χ4n) is 1.29. The average molecular weight is 251 g/mol. The van der Waals surface area contributed by atoms with Gasteiger partial charge >= 0.3 is 5.97 Å². The number of carbonyl (C=O) groups is 1. The summed E-state index contributed by atoms with van der Waals surface area (Å²) in [6, 6.07) is 5.71. The Morgan fingerprint density at radius 2 is 2.24 bits per heavy atom. The molecule has 0 amide bonds. The van der Waals surface area contributed by atoms with Crippen LogP contribution in [0.25, 0.3) is 0 Å². The van der Waals surface area contributed by atoms with E-state index in [1.807, 2.05) is 25.1 Å². The summed E-state index contributed by atoms with van der Waals surface area (Å²) in [5.74, 6) is 0.206. The van der Waals surface area contributed by atoms with Gasteiger partial charge in [-0.2, -0.15) is 0 Å². The van der Waals surface area contributed by atoms with Gasteiger partial charge in [0.1, 0.15) is 0 Å². The van der Waals surface area contributed by atoms with Crippen LogP contribution in [0.15, 0.2) is 35.2 Å². The van der Waals surface area contributed by atoms with Gasteiger partial charge in [-0.3, -0.25) is 0 Å². The molecule has 17 heavy (non-hydrogen) atoms. The van der Waals surface area contributed by atoms with Gasteiger partial charge in [-0.1, -0.05) is 6.58 Å². The molecule has 0 spiro atoms. The first kappa shape index (κ1) is 13.6. The Hall–Kier alpha value is -1.42. The molecule has 3 nitrogen and oxygen atoms in total. The third-order valence-corrected chi connectivity index (χ3v) is 3.43. The smallest absolute Gasteiger partial charge is 0.334 e. The van der Waals surface area contributed by atoms with Crippen LogP contribution < -0.4 is 5.73 Å². The maximum Gasteiger partial charge on any atom is 0.334 e. The van der Waals surface area contributed by atoms with Gasteiger partial charge in [-0.05, 0) is 37.6 Å². The summed E-state index contributed by atoms with van der Waals surface area (Å²) in [7, 11) is 0. The van der Waals surface area contributed by atoms with Crippen molar-refractivity contribution in [3.8, 4) is 0 Å². The maximum atomic E-state index is 11.3. The molecule has 1 aromatic carbocycles. The average Bonchev–Trinajstić information content (AvgIpc) is 2.27. The van der Waals surface area contributed by atoms with Crippen molar-refractivity contribution >= 4 is 23.4 Å². The van der Waals surface area contributed by atoms with E-state index in [4.69, 9.17) is 10.5 Å². The summed E-state index contributed by atoms with van der Waals surface area (Å²) in [6.07, 6.45) is 0. The van der Waals surface area contributed by atoms with E-state index >= 15 is 0 Å². The molecule has 0 aliphatic heterocycles. The molecule has 92 valence electrons. The fraction of sp³-hybridized carbons (Fsp3) is 0.308. The highest BCUT2D eigenvalue weighted by atomic mass is 32.2. The number of hydrogen-bond acceptors (Lipinski definition) is 4. The third kappa shape index (κ3) is 4.15. The number of rotatable bonds is 5. The van der Waals surface area contributed by atoms with Crippen molar-refractivity contribution in [2.45, 2.75) is 18.7 Å². The van der Waals surface area contributed by atoms with Crippen LogP contribution in [0, 0.1) is 6.92 Å². The number of nitrogens with two attached hydrogens (primary N) is 1. The molecule has 0 unspecified atom stereocenters. The molecule has 0 aliphatic rings. The van der Waals surface area contributed by atoms with Gasteiger partial charge < -0.3 is 10.5 Å². The van der Waals surface area contributed by atoms with Crippen LogP contribution in [0.2, 0.25) is 0 Å². The molecule has 0 atom stereocenters. The molecule has 0 saturated heterocycles. The van der Waals surface area contributed by atoms with Gasteiger partial charge in [0.2, 0.25) is 0 Å². The molecule has 2 N–H and O–H groups in total. The second kappa shape index (κ2) is 6.35. The summed E-state index contributed by atoms with van der Waals surface area (Å²) in [5.41, 5.74) is 8.00. The van der Waals surface area contributed by atoms with Gasteiger partial charge in [-0.15, -0.1) is 11.8 Å². The Morgan fingerprint density at radius 1 is 1.53 bits per heavy atom.